The largest absolute Gasteiger partial charge is 0.481 e. The molecule has 0 spiro atoms. The summed E-state index contributed by atoms with van der Waals surface area (Å²) in [5, 5.41) is 9.71. The minimum Gasteiger partial charge on any atom is -0.481 e. The van der Waals surface area contributed by atoms with Gasteiger partial charge in [0.25, 0.3) is 0 Å². The molecule has 3 nitrogen and oxygen atoms in total. The van der Waals surface area contributed by atoms with Gasteiger partial charge in [-0.3, -0.25) is 4.79 Å². The van der Waals surface area contributed by atoms with Crippen LogP contribution in [0.4, 0.5) is 0 Å². The van der Waals surface area contributed by atoms with Gasteiger partial charge in [-0.25, -0.2) is 0 Å². The van der Waals surface area contributed by atoms with Gasteiger partial charge in [0.15, 0.2) is 0 Å². The maximum Gasteiger partial charge on any atom is 0.308 e. The van der Waals surface area contributed by atoms with Crippen LogP contribution in [0.15, 0.2) is 24.3 Å². The average molecular weight is 242 g/mol. The van der Waals surface area contributed by atoms with Crippen molar-refractivity contribution in [3.05, 3.63) is 34.9 Å². The minimum absolute atomic E-state index is 0.0822. The third-order valence-electron chi connectivity index (χ3n) is 2.77. The molecule has 3 N–H and O–H groups in total. The lowest BCUT2D eigenvalue weighted by atomic mass is 9.84. The number of hydrogen-bond acceptors (Lipinski definition) is 2. The third kappa shape index (κ3) is 2.97. The molecular weight excluding hydrogens is 226 g/mol. The summed E-state index contributed by atoms with van der Waals surface area (Å²) < 4.78 is 0. The number of nitrogens with two attached hydrogens (primary N) is 1. The van der Waals surface area contributed by atoms with Crippen LogP contribution in [0, 0.1) is 5.92 Å². The Morgan fingerprint density at radius 3 is 2.69 bits per heavy atom. The van der Waals surface area contributed by atoms with Crippen molar-refractivity contribution in [1.82, 2.24) is 0 Å². The summed E-state index contributed by atoms with van der Waals surface area (Å²) in [5.74, 6) is -1.49. The Morgan fingerprint density at radius 1 is 1.56 bits per heavy atom. The van der Waals surface area contributed by atoms with Crippen LogP contribution in [0.5, 0.6) is 0 Å². The second-order valence-corrected chi connectivity index (χ2v) is 4.19. The Kier molecular flexibility index (Phi) is 4.77. The van der Waals surface area contributed by atoms with Gasteiger partial charge in [-0.1, -0.05) is 30.7 Å². The van der Waals surface area contributed by atoms with E-state index in [1.807, 2.05) is 19.1 Å². The average Bonchev–Trinajstić information content (AvgIpc) is 2.25. The Hall–Kier alpha value is -1.06. The molecule has 1 rings (SSSR count). The van der Waals surface area contributed by atoms with Gasteiger partial charge in [-0.15, -0.1) is 0 Å². The summed E-state index contributed by atoms with van der Waals surface area (Å²) in [4.78, 5) is 11.1. The van der Waals surface area contributed by atoms with Crippen LogP contribution >= 0.6 is 11.6 Å². The third-order valence-corrected chi connectivity index (χ3v) is 3.01. The number of aliphatic carboxylic acids is 1. The lowest BCUT2D eigenvalue weighted by molar-refractivity contribution is -0.142. The van der Waals surface area contributed by atoms with E-state index in [1.165, 1.54) is 0 Å². The highest BCUT2D eigenvalue weighted by atomic mass is 35.5. The maximum absolute atomic E-state index is 11.1. The monoisotopic (exact) mass is 241 g/mol. The molecule has 0 bridgehead atoms. The van der Waals surface area contributed by atoms with Crippen molar-refractivity contribution < 1.29 is 9.90 Å². The van der Waals surface area contributed by atoms with Crippen LogP contribution in [0.1, 0.15) is 24.8 Å². The van der Waals surface area contributed by atoms with E-state index in [-0.39, 0.29) is 12.5 Å². The molecule has 1 aromatic carbocycles. The van der Waals surface area contributed by atoms with Gasteiger partial charge in [0.1, 0.15) is 0 Å². The van der Waals surface area contributed by atoms with Crippen LogP contribution in [-0.2, 0) is 4.79 Å². The predicted octanol–water partition coefficient (Wildman–Crippen LogP) is 2.49. The highest BCUT2D eigenvalue weighted by Gasteiger charge is 2.26. The first-order valence-electron chi connectivity index (χ1n) is 5.28. The zero-order chi connectivity index (χ0) is 12.1. The van der Waals surface area contributed by atoms with E-state index in [4.69, 9.17) is 22.4 Å². The zero-order valence-electron chi connectivity index (χ0n) is 9.19. The van der Waals surface area contributed by atoms with Gasteiger partial charge < -0.3 is 10.8 Å². The smallest absolute Gasteiger partial charge is 0.308 e. The topological polar surface area (TPSA) is 63.3 Å². The molecule has 0 amide bonds. The summed E-state index contributed by atoms with van der Waals surface area (Å²) in [7, 11) is 0. The van der Waals surface area contributed by atoms with Crippen molar-refractivity contribution in [2.24, 2.45) is 11.7 Å². The molecule has 0 aromatic heterocycles. The molecule has 4 heteroatoms. The van der Waals surface area contributed by atoms with Crippen LogP contribution in [0.3, 0.4) is 0 Å². The number of halogens is 1. The van der Waals surface area contributed by atoms with Crippen LogP contribution in [-0.4, -0.2) is 17.6 Å². The number of benzene rings is 1. The molecule has 0 aliphatic rings. The number of carboxylic acids is 1. The summed E-state index contributed by atoms with van der Waals surface area (Å²) in [6.45, 7) is 2.09. The molecule has 0 saturated heterocycles. The zero-order valence-corrected chi connectivity index (χ0v) is 9.95. The molecule has 0 aliphatic carbocycles. The highest BCUT2D eigenvalue weighted by Crippen LogP contribution is 2.29. The SMILES string of the molecule is CCC(c1cccc(Cl)c1)C(CN)C(=O)O. The lowest BCUT2D eigenvalue weighted by Crippen LogP contribution is -2.29. The lowest BCUT2D eigenvalue weighted by Gasteiger charge is -2.22. The van der Waals surface area contributed by atoms with E-state index in [1.54, 1.807) is 12.1 Å². The molecule has 1 aromatic rings. The minimum atomic E-state index is -0.852. The van der Waals surface area contributed by atoms with Crippen molar-refractivity contribution >= 4 is 17.6 Å². The van der Waals surface area contributed by atoms with Gasteiger partial charge >= 0.3 is 5.97 Å². The molecule has 16 heavy (non-hydrogen) atoms. The fourth-order valence-electron chi connectivity index (χ4n) is 1.93. The molecule has 88 valence electrons. The van der Waals surface area contributed by atoms with Crippen molar-refractivity contribution in [2.45, 2.75) is 19.3 Å². The van der Waals surface area contributed by atoms with Crippen LogP contribution in [0.2, 0.25) is 5.02 Å². The van der Waals surface area contributed by atoms with Gasteiger partial charge in [0, 0.05) is 11.6 Å². The maximum atomic E-state index is 11.1. The summed E-state index contributed by atoms with van der Waals surface area (Å²) in [6.07, 6.45) is 0.731. The van der Waals surface area contributed by atoms with Gasteiger partial charge in [-0.05, 0) is 30.0 Å². The van der Waals surface area contributed by atoms with E-state index >= 15 is 0 Å². The van der Waals surface area contributed by atoms with Crippen LogP contribution in [0.25, 0.3) is 0 Å². The van der Waals surface area contributed by atoms with Crippen molar-refractivity contribution in [2.75, 3.05) is 6.54 Å². The molecule has 0 radical (unpaired) electrons. The number of carboxylic acid groups (broad SMARTS) is 1. The van der Waals surface area contributed by atoms with E-state index in [0.717, 1.165) is 12.0 Å². The Bertz CT molecular complexity index is 368. The highest BCUT2D eigenvalue weighted by molar-refractivity contribution is 6.30. The molecule has 0 aliphatic heterocycles. The molecule has 2 atom stereocenters. The molecule has 0 saturated carbocycles. The summed E-state index contributed by atoms with van der Waals surface area (Å²) in [6, 6.07) is 7.30. The van der Waals surface area contributed by atoms with E-state index in [9.17, 15) is 4.79 Å². The number of rotatable bonds is 5. The first-order chi connectivity index (χ1) is 7.60. The fourth-order valence-corrected chi connectivity index (χ4v) is 2.13. The van der Waals surface area contributed by atoms with Gasteiger partial charge in [0.2, 0.25) is 0 Å². The number of hydrogen-bond donors (Lipinski definition) is 2. The van der Waals surface area contributed by atoms with E-state index in [2.05, 4.69) is 0 Å². The second kappa shape index (κ2) is 5.87. The summed E-state index contributed by atoms with van der Waals surface area (Å²) in [5.41, 5.74) is 6.45. The first-order valence-corrected chi connectivity index (χ1v) is 5.66. The Balaban J connectivity index is 3.01. The molecule has 0 heterocycles. The van der Waals surface area contributed by atoms with Crippen molar-refractivity contribution in [3.63, 3.8) is 0 Å². The predicted molar refractivity (Wildman–Crippen MR) is 64.7 cm³/mol. The second-order valence-electron chi connectivity index (χ2n) is 3.75. The quantitative estimate of drug-likeness (QED) is 0.833. The number of carbonyl (C=O) groups is 1. The van der Waals surface area contributed by atoms with E-state index in [0.29, 0.717) is 5.02 Å². The van der Waals surface area contributed by atoms with Crippen LogP contribution < -0.4 is 5.73 Å². The van der Waals surface area contributed by atoms with Gasteiger partial charge in [0.05, 0.1) is 5.92 Å². The standard InChI is InChI=1S/C12H16ClNO2/c1-2-10(11(7-14)12(15)16)8-4-3-5-9(13)6-8/h3-6,10-11H,2,7,14H2,1H3,(H,15,16). The molecular formula is C12H16ClNO2. The normalized spacial score (nSPS) is 14.4. The van der Waals surface area contributed by atoms with Crippen molar-refractivity contribution in [1.29, 1.82) is 0 Å². The van der Waals surface area contributed by atoms with E-state index < -0.39 is 11.9 Å². The molecule has 0 fully saturated rings. The van der Waals surface area contributed by atoms with Crippen molar-refractivity contribution in [3.8, 4) is 0 Å². The van der Waals surface area contributed by atoms with Gasteiger partial charge in [-0.2, -0.15) is 0 Å². The molecule has 2 unspecified atom stereocenters. The first kappa shape index (κ1) is 13.0. The summed E-state index contributed by atoms with van der Waals surface area (Å²) >= 11 is 5.89. The Labute approximate surface area is 100 Å². The Morgan fingerprint density at radius 2 is 2.25 bits per heavy atom. The fraction of sp³-hybridized carbons (Fsp3) is 0.417.